The molecule has 2 rings (SSSR count). The zero-order chi connectivity index (χ0) is 13.7. The highest BCUT2D eigenvalue weighted by Crippen LogP contribution is 2.38. The van der Waals surface area contributed by atoms with Gasteiger partial charge in [-0.2, -0.15) is 0 Å². The third kappa shape index (κ3) is 2.00. The lowest BCUT2D eigenvalue weighted by atomic mass is 9.79. The van der Waals surface area contributed by atoms with E-state index in [0.717, 1.165) is 6.07 Å². The number of nitrogens with zero attached hydrogens (tertiary/aromatic N) is 1. The van der Waals surface area contributed by atoms with Gasteiger partial charge in [0.2, 0.25) is 5.91 Å². The van der Waals surface area contributed by atoms with Gasteiger partial charge in [0.1, 0.15) is 0 Å². The van der Waals surface area contributed by atoms with Crippen LogP contribution in [0.25, 0.3) is 0 Å². The molecule has 0 unspecified atom stereocenters. The molecule has 1 aliphatic rings. The van der Waals surface area contributed by atoms with Gasteiger partial charge in [-0.1, -0.05) is 12.1 Å². The number of halogens is 3. The molecule has 98 valence electrons. The highest BCUT2D eigenvalue weighted by molar-refractivity contribution is 6.73. The predicted molar refractivity (Wildman–Crippen MR) is 66.1 cm³/mol. The van der Waals surface area contributed by atoms with E-state index in [-0.39, 0.29) is 5.91 Å². The molecule has 0 fully saturated rings. The largest absolute Gasteiger partial charge is 0.509 e. The molecule has 6 heteroatoms. The first-order valence-electron chi connectivity index (χ1n) is 5.76. The molecule has 0 N–H and O–H groups in total. The molecule has 0 saturated heterocycles. The van der Waals surface area contributed by atoms with Gasteiger partial charge in [0.25, 0.3) is 0 Å². The van der Waals surface area contributed by atoms with Crippen LogP contribution in [0.3, 0.4) is 0 Å². The highest BCUT2D eigenvalue weighted by Gasteiger charge is 2.39. The van der Waals surface area contributed by atoms with Crippen LogP contribution >= 0.6 is 0 Å². The van der Waals surface area contributed by atoms with Gasteiger partial charge in [-0.05, 0) is 31.9 Å². The Bertz CT molecular complexity index is 511. The summed E-state index contributed by atoms with van der Waals surface area (Å²) >= 11 is 0. The van der Waals surface area contributed by atoms with Crippen molar-refractivity contribution in [2.75, 3.05) is 4.90 Å². The summed E-state index contributed by atoms with van der Waals surface area (Å²) in [5, 5.41) is 0. The molecule has 1 aromatic rings. The molecule has 2 nitrogen and oxygen atoms in total. The van der Waals surface area contributed by atoms with E-state index in [1.54, 1.807) is 4.90 Å². The third-order valence-corrected chi connectivity index (χ3v) is 3.27. The fourth-order valence-electron chi connectivity index (χ4n) is 2.64. The topological polar surface area (TPSA) is 20.3 Å². The van der Waals surface area contributed by atoms with E-state index in [1.807, 2.05) is 13.8 Å². The molecule has 0 spiro atoms. The molecule has 18 heavy (non-hydrogen) atoms. The van der Waals surface area contributed by atoms with Crippen molar-refractivity contribution in [3.05, 3.63) is 23.8 Å². The van der Waals surface area contributed by atoms with Gasteiger partial charge in [0, 0.05) is 18.2 Å². The Morgan fingerprint density at radius 3 is 2.44 bits per heavy atom. The number of hydrogen-bond donors (Lipinski definition) is 0. The minimum absolute atomic E-state index is 0.149. The van der Waals surface area contributed by atoms with Crippen LogP contribution < -0.4 is 10.4 Å². The SMILES string of the molecule is CC(=O)N1c2ccc([B-](F)(F)F)cc2CC1(C)C. The maximum atomic E-state index is 12.7. The number of carbonyl (C=O) groups excluding carboxylic acids is 1. The number of amides is 1. The summed E-state index contributed by atoms with van der Waals surface area (Å²) in [6.45, 7) is 0.149. The fraction of sp³-hybridized carbons (Fsp3) is 0.417. The Hall–Kier alpha value is -1.46. The molecule has 1 amide bonds. The summed E-state index contributed by atoms with van der Waals surface area (Å²) in [5.41, 5.74) is 0.115. The molecule has 0 aliphatic carbocycles. The second kappa shape index (κ2) is 3.77. The standard InChI is InChI=1S/C12H14BF3NO/c1-8(18)17-11-5-4-10(13(14,15)16)6-9(11)7-12(17,2)3/h4-6H,7H2,1-3H3/q-1. The van der Waals surface area contributed by atoms with Gasteiger partial charge in [-0.15, -0.1) is 5.46 Å². The maximum Gasteiger partial charge on any atom is 0.509 e. The fourth-order valence-corrected chi connectivity index (χ4v) is 2.64. The van der Waals surface area contributed by atoms with Crippen molar-refractivity contribution in [3.63, 3.8) is 0 Å². The van der Waals surface area contributed by atoms with Gasteiger partial charge in [-0.25, -0.2) is 0 Å². The molecule has 1 aromatic carbocycles. The van der Waals surface area contributed by atoms with E-state index >= 15 is 0 Å². The average Bonchev–Trinajstić information content (AvgIpc) is 2.44. The quantitative estimate of drug-likeness (QED) is 0.706. The molecular weight excluding hydrogens is 242 g/mol. The smallest absolute Gasteiger partial charge is 0.445 e. The first-order valence-corrected chi connectivity index (χ1v) is 5.76. The van der Waals surface area contributed by atoms with Crippen LogP contribution in [-0.2, 0) is 11.2 Å². The summed E-state index contributed by atoms with van der Waals surface area (Å²) in [4.78, 5) is 13.2. The van der Waals surface area contributed by atoms with Crippen LogP contribution in [0.5, 0.6) is 0 Å². The van der Waals surface area contributed by atoms with Crippen molar-refractivity contribution in [2.45, 2.75) is 32.7 Å². The Balaban J connectivity index is 2.51. The van der Waals surface area contributed by atoms with Crippen molar-refractivity contribution in [2.24, 2.45) is 0 Å². The number of fused-ring (bicyclic) bond motifs is 1. The molecule has 0 saturated carbocycles. The Morgan fingerprint density at radius 2 is 1.94 bits per heavy atom. The van der Waals surface area contributed by atoms with Crippen LogP contribution in [0.4, 0.5) is 18.6 Å². The van der Waals surface area contributed by atoms with Crippen LogP contribution in [0.1, 0.15) is 26.3 Å². The summed E-state index contributed by atoms with van der Waals surface area (Å²) < 4.78 is 38.1. The van der Waals surface area contributed by atoms with Crippen LogP contribution in [-0.4, -0.2) is 18.4 Å². The minimum atomic E-state index is -4.99. The summed E-state index contributed by atoms with van der Waals surface area (Å²) in [6, 6.07) is 3.62. The van der Waals surface area contributed by atoms with Crippen molar-refractivity contribution in [1.82, 2.24) is 0 Å². The number of benzene rings is 1. The lowest BCUT2D eigenvalue weighted by molar-refractivity contribution is -0.117. The molecule has 1 heterocycles. The van der Waals surface area contributed by atoms with E-state index in [2.05, 4.69) is 0 Å². The highest BCUT2D eigenvalue weighted by atomic mass is 19.4. The molecule has 0 atom stereocenters. The van der Waals surface area contributed by atoms with E-state index < -0.39 is 18.0 Å². The first kappa shape index (κ1) is 13.0. The van der Waals surface area contributed by atoms with Gasteiger partial charge >= 0.3 is 6.98 Å². The van der Waals surface area contributed by atoms with Crippen LogP contribution in [0, 0.1) is 0 Å². The van der Waals surface area contributed by atoms with E-state index in [0.29, 0.717) is 17.7 Å². The first-order chi connectivity index (χ1) is 8.13. The summed E-state index contributed by atoms with van der Waals surface area (Å²) in [6.07, 6.45) is 0.446. The van der Waals surface area contributed by atoms with E-state index in [4.69, 9.17) is 0 Å². The predicted octanol–water partition coefficient (Wildman–Crippen LogP) is 2.43. The monoisotopic (exact) mass is 256 g/mol. The Kier molecular flexibility index (Phi) is 2.72. The second-order valence-electron chi connectivity index (χ2n) is 5.31. The number of carbonyl (C=O) groups is 1. The van der Waals surface area contributed by atoms with E-state index in [9.17, 15) is 17.7 Å². The van der Waals surface area contributed by atoms with Gasteiger partial charge in [0.15, 0.2) is 0 Å². The normalized spacial score (nSPS) is 17.8. The molecule has 0 radical (unpaired) electrons. The Labute approximate surface area is 104 Å². The molecule has 1 aliphatic heterocycles. The minimum Gasteiger partial charge on any atom is -0.445 e. The summed E-state index contributed by atoms with van der Waals surface area (Å²) in [7, 11) is 0. The molecule has 0 aromatic heterocycles. The number of anilines is 1. The van der Waals surface area contributed by atoms with E-state index in [1.165, 1.54) is 19.1 Å². The van der Waals surface area contributed by atoms with Crippen LogP contribution in [0.15, 0.2) is 18.2 Å². The van der Waals surface area contributed by atoms with Crippen molar-refractivity contribution in [1.29, 1.82) is 0 Å². The number of rotatable bonds is 1. The summed E-state index contributed by atoms with van der Waals surface area (Å²) in [5.74, 6) is -0.149. The lowest BCUT2D eigenvalue weighted by Gasteiger charge is -2.31. The number of hydrogen-bond acceptors (Lipinski definition) is 1. The van der Waals surface area contributed by atoms with Crippen molar-refractivity contribution < 1.29 is 17.7 Å². The maximum absolute atomic E-state index is 12.7. The van der Waals surface area contributed by atoms with Gasteiger partial charge in [-0.3, -0.25) is 4.79 Å². The van der Waals surface area contributed by atoms with Crippen LogP contribution in [0.2, 0.25) is 0 Å². The van der Waals surface area contributed by atoms with Crippen molar-refractivity contribution >= 4 is 24.0 Å². The zero-order valence-corrected chi connectivity index (χ0v) is 10.5. The molecular formula is C12H14BF3NO-. The average molecular weight is 256 g/mol. The molecule has 0 bridgehead atoms. The zero-order valence-electron chi connectivity index (χ0n) is 10.5. The second-order valence-corrected chi connectivity index (χ2v) is 5.31. The van der Waals surface area contributed by atoms with Gasteiger partial charge < -0.3 is 17.8 Å². The Morgan fingerprint density at radius 1 is 1.33 bits per heavy atom. The van der Waals surface area contributed by atoms with Gasteiger partial charge in [0.05, 0.1) is 0 Å². The lowest BCUT2D eigenvalue weighted by Crippen LogP contribution is -2.44. The van der Waals surface area contributed by atoms with Crippen molar-refractivity contribution in [3.8, 4) is 0 Å². The third-order valence-electron chi connectivity index (χ3n) is 3.27.